The van der Waals surface area contributed by atoms with E-state index in [0.29, 0.717) is 24.2 Å². The lowest BCUT2D eigenvalue weighted by Crippen LogP contribution is -2.42. The molecule has 222 valence electrons. The summed E-state index contributed by atoms with van der Waals surface area (Å²) >= 11 is 1.63. The number of thioether (sulfide) groups is 1. The van der Waals surface area contributed by atoms with Crippen molar-refractivity contribution in [3.05, 3.63) is 52.6 Å². The number of hydrogen-bond acceptors (Lipinski definition) is 5. The van der Waals surface area contributed by atoms with Crippen molar-refractivity contribution in [1.82, 2.24) is 10.2 Å². The predicted molar refractivity (Wildman–Crippen MR) is 127 cm³/mol. The molecule has 3 N–H and O–H groups in total. The molecule has 4 rings (SSSR count). The second-order valence-corrected chi connectivity index (χ2v) is 9.45. The Bertz CT molecular complexity index is 1210. The lowest BCUT2D eigenvalue weighted by atomic mass is 9.91. The number of nitrogens with one attached hydrogen (secondary N) is 1. The summed E-state index contributed by atoms with van der Waals surface area (Å²) in [4.78, 5) is 21.1. The van der Waals surface area contributed by atoms with Crippen molar-refractivity contribution in [1.29, 1.82) is 0 Å². The number of aryl methyl sites for hydroxylation is 1. The molecule has 0 saturated carbocycles. The number of carboxylic acids is 2. The molecule has 0 spiro atoms. The van der Waals surface area contributed by atoms with Crippen molar-refractivity contribution in [2.45, 2.75) is 42.9 Å². The third-order valence-corrected chi connectivity index (χ3v) is 6.62. The number of hydrogen-bond donors (Lipinski definition) is 3. The van der Waals surface area contributed by atoms with E-state index in [9.17, 15) is 39.5 Å². The van der Waals surface area contributed by atoms with E-state index in [-0.39, 0.29) is 6.04 Å². The maximum absolute atomic E-state index is 13.8. The Morgan fingerprint density at radius 3 is 1.95 bits per heavy atom. The van der Waals surface area contributed by atoms with Gasteiger partial charge in [-0.3, -0.25) is 4.90 Å². The Labute approximate surface area is 226 Å². The minimum Gasteiger partial charge on any atom is -0.475 e. The second-order valence-electron chi connectivity index (χ2n) is 8.57. The summed E-state index contributed by atoms with van der Waals surface area (Å²) < 4.78 is 105. The highest BCUT2D eigenvalue weighted by Crippen LogP contribution is 2.45. The van der Waals surface area contributed by atoms with Crippen LogP contribution in [0.25, 0.3) is 11.1 Å². The maximum atomic E-state index is 13.8. The summed E-state index contributed by atoms with van der Waals surface area (Å²) in [5.41, 5.74) is 3.34. The monoisotopic (exact) mass is 606 g/mol. The standard InChI is InChI=1S/C20H21F3N2S.2C2HF3O2/c1-12-7-14(26-2)3-4-15(12)13-8-16-17(18(9-13)20(21,22)23)11-25-6-5-24-10-19(16)25;2*3-2(4,5)1(6)7/h3-4,7-9,19,24H,5-6,10-11H2,1-2H3;2*(H,6,7)/t19-;;/m0../s1. The van der Waals surface area contributed by atoms with Crippen molar-refractivity contribution in [3.63, 3.8) is 0 Å². The van der Waals surface area contributed by atoms with Crippen molar-refractivity contribution in [2.24, 2.45) is 0 Å². The molecule has 1 atom stereocenters. The summed E-state index contributed by atoms with van der Waals surface area (Å²) in [7, 11) is 0. The Morgan fingerprint density at radius 2 is 1.50 bits per heavy atom. The van der Waals surface area contributed by atoms with Crippen LogP contribution in [0.5, 0.6) is 0 Å². The fourth-order valence-corrected chi connectivity index (χ4v) is 4.61. The van der Waals surface area contributed by atoms with Gasteiger partial charge in [0.2, 0.25) is 0 Å². The Morgan fingerprint density at radius 1 is 0.950 bits per heavy atom. The average molecular weight is 607 g/mol. The van der Waals surface area contributed by atoms with Crippen LogP contribution >= 0.6 is 11.8 Å². The Hall–Kier alpha value is -2.98. The van der Waals surface area contributed by atoms with E-state index < -0.39 is 36.0 Å². The second kappa shape index (κ2) is 12.7. The molecule has 0 bridgehead atoms. The van der Waals surface area contributed by atoms with Gasteiger partial charge in [-0.05, 0) is 65.3 Å². The van der Waals surface area contributed by atoms with E-state index in [4.69, 9.17) is 19.8 Å². The van der Waals surface area contributed by atoms with Gasteiger partial charge in [0, 0.05) is 37.1 Å². The normalized spacial score (nSPS) is 17.0. The van der Waals surface area contributed by atoms with Crippen molar-refractivity contribution in [2.75, 3.05) is 25.9 Å². The highest BCUT2D eigenvalue weighted by Gasteiger charge is 2.41. The molecule has 0 aromatic heterocycles. The summed E-state index contributed by atoms with van der Waals surface area (Å²) in [5, 5.41) is 17.6. The number of nitrogens with zero attached hydrogens (tertiary/aromatic N) is 1. The minimum atomic E-state index is -5.08. The van der Waals surface area contributed by atoms with E-state index in [0.717, 1.165) is 34.7 Å². The van der Waals surface area contributed by atoms with Crippen LogP contribution in [0, 0.1) is 6.92 Å². The molecule has 2 aromatic rings. The average Bonchev–Trinajstić information content (AvgIpc) is 3.21. The van der Waals surface area contributed by atoms with Crippen LogP contribution in [0.4, 0.5) is 39.5 Å². The molecule has 2 aromatic carbocycles. The fourth-order valence-electron chi connectivity index (χ4n) is 4.11. The number of benzene rings is 2. The Balaban J connectivity index is 0.000000333. The van der Waals surface area contributed by atoms with Crippen molar-refractivity contribution in [3.8, 4) is 11.1 Å². The van der Waals surface area contributed by atoms with Gasteiger partial charge in [0.25, 0.3) is 0 Å². The zero-order valence-electron chi connectivity index (χ0n) is 20.8. The number of fused-ring (bicyclic) bond motifs is 3. The summed E-state index contributed by atoms with van der Waals surface area (Å²) in [6.07, 6.45) is -12.5. The lowest BCUT2D eigenvalue weighted by Gasteiger charge is -2.30. The van der Waals surface area contributed by atoms with Crippen LogP contribution < -0.4 is 5.32 Å². The summed E-state index contributed by atoms with van der Waals surface area (Å²) in [5.74, 6) is -5.51. The highest BCUT2D eigenvalue weighted by molar-refractivity contribution is 7.98. The Kier molecular flexibility index (Phi) is 10.5. The molecular weight excluding hydrogens is 583 g/mol. The zero-order valence-corrected chi connectivity index (χ0v) is 21.6. The number of alkyl halides is 9. The van der Waals surface area contributed by atoms with Crippen molar-refractivity contribution >= 4 is 23.7 Å². The number of carboxylic acid groups (broad SMARTS) is 2. The zero-order chi connectivity index (χ0) is 30.6. The molecule has 0 aliphatic carbocycles. The first-order valence-electron chi connectivity index (χ1n) is 11.2. The number of rotatable bonds is 2. The first-order chi connectivity index (χ1) is 18.3. The molecule has 16 heteroatoms. The van der Waals surface area contributed by atoms with Crippen LogP contribution in [0.2, 0.25) is 0 Å². The van der Waals surface area contributed by atoms with Gasteiger partial charge in [-0.25, -0.2) is 9.59 Å². The molecule has 40 heavy (non-hydrogen) atoms. The lowest BCUT2D eigenvalue weighted by molar-refractivity contribution is -0.193. The molecule has 1 saturated heterocycles. The first kappa shape index (κ1) is 33.2. The number of piperazine rings is 1. The molecule has 2 aliphatic heterocycles. The third kappa shape index (κ3) is 8.51. The van der Waals surface area contributed by atoms with Gasteiger partial charge in [0.05, 0.1) is 5.56 Å². The van der Waals surface area contributed by atoms with Gasteiger partial charge in [-0.1, -0.05) is 6.07 Å². The van der Waals surface area contributed by atoms with Gasteiger partial charge in [0.15, 0.2) is 0 Å². The summed E-state index contributed by atoms with van der Waals surface area (Å²) in [6, 6.07) is 9.30. The molecule has 2 aliphatic rings. The highest BCUT2D eigenvalue weighted by atomic mass is 32.2. The molecule has 1 fully saturated rings. The first-order valence-corrected chi connectivity index (χ1v) is 12.4. The van der Waals surface area contributed by atoms with Gasteiger partial charge < -0.3 is 15.5 Å². The van der Waals surface area contributed by atoms with Crippen LogP contribution in [0.1, 0.15) is 28.3 Å². The molecule has 2 heterocycles. The minimum absolute atomic E-state index is 0.0329. The van der Waals surface area contributed by atoms with Crippen molar-refractivity contribution < 1.29 is 59.3 Å². The van der Waals surface area contributed by atoms with Crippen LogP contribution in [-0.4, -0.2) is 65.3 Å². The van der Waals surface area contributed by atoms with E-state index in [1.165, 1.54) is 6.07 Å². The van der Waals surface area contributed by atoms with Crippen LogP contribution in [0.15, 0.2) is 35.2 Å². The molecular formula is C24H23F9N2O4S. The predicted octanol–water partition coefficient (Wildman–Crippen LogP) is 6.13. The van der Waals surface area contributed by atoms with Gasteiger partial charge in [0.1, 0.15) is 0 Å². The van der Waals surface area contributed by atoms with Crippen LogP contribution in [-0.2, 0) is 22.3 Å². The largest absolute Gasteiger partial charge is 0.490 e. The summed E-state index contributed by atoms with van der Waals surface area (Å²) in [6.45, 7) is 4.67. The van der Waals surface area contributed by atoms with E-state index in [1.807, 2.05) is 37.4 Å². The molecule has 6 nitrogen and oxygen atoms in total. The van der Waals surface area contributed by atoms with Crippen LogP contribution in [0.3, 0.4) is 0 Å². The number of aliphatic carboxylic acids is 2. The number of carbonyl (C=O) groups is 2. The molecule has 0 amide bonds. The van der Waals surface area contributed by atoms with Gasteiger partial charge in [-0.15, -0.1) is 11.8 Å². The smallest absolute Gasteiger partial charge is 0.475 e. The molecule has 0 unspecified atom stereocenters. The fraction of sp³-hybridized carbons (Fsp3) is 0.417. The van der Waals surface area contributed by atoms with E-state index in [2.05, 4.69) is 10.2 Å². The third-order valence-electron chi connectivity index (χ3n) is 5.89. The number of halogens is 9. The topological polar surface area (TPSA) is 89.9 Å². The molecule has 0 radical (unpaired) electrons. The quantitative estimate of drug-likeness (QED) is 0.280. The SMILES string of the molecule is CSc1ccc(-c2cc3c(c(C(F)(F)F)c2)CN2CCNC[C@@H]32)c(C)c1.O=C(O)C(F)(F)F.O=C(O)C(F)(F)F. The van der Waals surface area contributed by atoms with Gasteiger partial charge >= 0.3 is 30.5 Å². The van der Waals surface area contributed by atoms with Gasteiger partial charge in [-0.2, -0.15) is 39.5 Å². The van der Waals surface area contributed by atoms with E-state index >= 15 is 0 Å². The maximum Gasteiger partial charge on any atom is 0.490 e. The van der Waals surface area contributed by atoms with E-state index in [1.54, 1.807) is 11.8 Å².